The van der Waals surface area contributed by atoms with E-state index in [0.29, 0.717) is 13.0 Å². The van der Waals surface area contributed by atoms with Crippen LogP contribution in [0.15, 0.2) is 0 Å². The van der Waals surface area contributed by atoms with Crippen molar-refractivity contribution in [2.75, 3.05) is 25.1 Å². The Morgan fingerprint density at radius 1 is 1.24 bits per heavy atom. The molecular weight excluding hydrogens is 292 g/mol. The highest BCUT2D eigenvalue weighted by atomic mass is 32.2. The molecule has 7 heteroatoms. The summed E-state index contributed by atoms with van der Waals surface area (Å²) in [5.74, 6) is -0.976. The lowest BCUT2D eigenvalue weighted by molar-refractivity contribution is -0.154. The van der Waals surface area contributed by atoms with Crippen molar-refractivity contribution >= 4 is 21.7 Å². The van der Waals surface area contributed by atoms with Crippen molar-refractivity contribution in [1.82, 2.24) is 9.80 Å². The van der Waals surface area contributed by atoms with Crippen LogP contribution in [0.2, 0.25) is 0 Å². The standard InChI is InChI=1S/C14H24N2O4S/c1-3-11-6-4-5-8-16(11)14(18)13(17)15(2)12-7-9-21(19,20)10-12/h11-12H,3-10H2,1-2H3. The zero-order chi connectivity index (χ0) is 15.6. The summed E-state index contributed by atoms with van der Waals surface area (Å²) in [5, 5.41) is 0. The maximum absolute atomic E-state index is 12.4. The molecule has 2 aliphatic heterocycles. The molecule has 2 aliphatic rings. The molecule has 2 saturated heterocycles. The Labute approximate surface area is 126 Å². The van der Waals surface area contributed by atoms with Crippen LogP contribution in [0.1, 0.15) is 39.0 Å². The number of piperidine rings is 1. The molecule has 2 heterocycles. The smallest absolute Gasteiger partial charge is 0.312 e. The topological polar surface area (TPSA) is 74.8 Å². The van der Waals surface area contributed by atoms with E-state index in [-0.39, 0.29) is 23.6 Å². The van der Waals surface area contributed by atoms with Gasteiger partial charge < -0.3 is 9.80 Å². The lowest BCUT2D eigenvalue weighted by atomic mass is 10.00. The van der Waals surface area contributed by atoms with Crippen LogP contribution in [0.4, 0.5) is 0 Å². The van der Waals surface area contributed by atoms with E-state index >= 15 is 0 Å². The van der Waals surface area contributed by atoms with Gasteiger partial charge in [0.15, 0.2) is 9.84 Å². The second-order valence-electron chi connectivity index (χ2n) is 6.03. The first-order valence-corrected chi connectivity index (χ1v) is 9.46. The molecule has 21 heavy (non-hydrogen) atoms. The molecule has 0 spiro atoms. The summed E-state index contributed by atoms with van der Waals surface area (Å²) in [7, 11) is -1.52. The minimum absolute atomic E-state index is 0.0280. The molecule has 0 aromatic rings. The third-order valence-corrected chi connectivity index (χ3v) is 6.37. The molecule has 2 amide bonds. The van der Waals surface area contributed by atoms with Gasteiger partial charge in [0, 0.05) is 25.7 Å². The van der Waals surface area contributed by atoms with Crippen molar-refractivity contribution in [3.63, 3.8) is 0 Å². The third-order valence-electron chi connectivity index (χ3n) is 4.62. The van der Waals surface area contributed by atoms with E-state index in [0.717, 1.165) is 25.7 Å². The van der Waals surface area contributed by atoms with Gasteiger partial charge >= 0.3 is 11.8 Å². The Morgan fingerprint density at radius 2 is 1.95 bits per heavy atom. The first-order valence-electron chi connectivity index (χ1n) is 7.64. The van der Waals surface area contributed by atoms with Crippen molar-refractivity contribution < 1.29 is 18.0 Å². The van der Waals surface area contributed by atoms with Gasteiger partial charge in [0.25, 0.3) is 0 Å². The zero-order valence-electron chi connectivity index (χ0n) is 12.7. The Hall–Kier alpha value is -1.11. The van der Waals surface area contributed by atoms with E-state index in [1.807, 2.05) is 6.92 Å². The van der Waals surface area contributed by atoms with Crippen molar-refractivity contribution in [3.05, 3.63) is 0 Å². The summed E-state index contributed by atoms with van der Waals surface area (Å²) in [4.78, 5) is 27.8. The van der Waals surface area contributed by atoms with Crippen molar-refractivity contribution in [2.24, 2.45) is 0 Å². The molecule has 0 aliphatic carbocycles. The van der Waals surface area contributed by atoms with Crippen LogP contribution >= 0.6 is 0 Å². The summed E-state index contributed by atoms with van der Waals surface area (Å²) in [6.45, 7) is 2.65. The van der Waals surface area contributed by atoms with E-state index in [2.05, 4.69) is 0 Å². The number of amides is 2. The number of hydrogen-bond acceptors (Lipinski definition) is 4. The molecule has 0 N–H and O–H groups in total. The Bertz CT molecular complexity index is 517. The number of hydrogen-bond donors (Lipinski definition) is 0. The van der Waals surface area contributed by atoms with Gasteiger partial charge in [-0.3, -0.25) is 9.59 Å². The summed E-state index contributed by atoms with van der Waals surface area (Å²) >= 11 is 0. The van der Waals surface area contributed by atoms with E-state index in [9.17, 15) is 18.0 Å². The molecule has 0 aromatic carbocycles. The summed E-state index contributed by atoms with van der Waals surface area (Å²) in [6.07, 6.45) is 4.23. The van der Waals surface area contributed by atoms with Crippen molar-refractivity contribution in [1.29, 1.82) is 0 Å². The predicted molar refractivity (Wildman–Crippen MR) is 79.5 cm³/mol. The molecule has 2 atom stereocenters. The predicted octanol–water partition coefficient (Wildman–Crippen LogP) is 0.423. The van der Waals surface area contributed by atoms with E-state index < -0.39 is 21.7 Å². The molecule has 0 aromatic heterocycles. The number of likely N-dealkylation sites (N-methyl/N-ethyl adjacent to an activating group) is 1. The molecule has 0 saturated carbocycles. The maximum Gasteiger partial charge on any atom is 0.312 e. The molecular formula is C14H24N2O4S. The third kappa shape index (κ3) is 3.56. The second kappa shape index (κ2) is 6.34. The summed E-state index contributed by atoms with van der Waals surface area (Å²) < 4.78 is 23.0. The van der Waals surface area contributed by atoms with Crippen molar-refractivity contribution in [3.8, 4) is 0 Å². The lowest BCUT2D eigenvalue weighted by Gasteiger charge is -2.36. The van der Waals surface area contributed by atoms with Crippen LogP contribution in [0.3, 0.4) is 0 Å². The molecule has 6 nitrogen and oxygen atoms in total. The van der Waals surface area contributed by atoms with Gasteiger partial charge in [-0.05, 0) is 32.1 Å². The van der Waals surface area contributed by atoms with E-state index in [1.165, 1.54) is 11.9 Å². The van der Waals surface area contributed by atoms with Gasteiger partial charge in [-0.2, -0.15) is 0 Å². The molecule has 120 valence electrons. The number of likely N-dealkylation sites (tertiary alicyclic amines) is 1. The monoisotopic (exact) mass is 316 g/mol. The fourth-order valence-electron chi connectivity index (χ4n) is 3.21. The first kappa shape index (κ1) is 16.3. The number of rotatable bonds is 2. The molecule has 0 radical (unpaired) electrons. The van der Waals surface area contributed by atoms with Gasteiger partial charge in [-0.25, -0.2) is 8.42 Å². The Kier molecular flexibility index (Phi) is 4.91. The average molecular weight is 316 g/mol. The maximum atomic E-state index is 12.4. The molecule has 2 fully saturated rings. The highest BCUT2D eigenvalue weighted by Crippen LogP contribution is 2.21. The highest BCUT2D eigenvalue weighted by molar-refractivity contribution is 7.91. The SMILES string of the molecule is CCC1CCCCN1C(=O)C(=O)N(C)C1CCS(=O)(=O)C1. The van der Waals surface area contributed by atoms with Gasteiger partial charge in [0.2, 0.25) is 0 Å². The fraction of sp³-hybridized carbons (Fsp3) is 0.857. The van der Waals surface area contributed by atoms with Crippen LogP contribution < -0.4 is 0 Å². The average Bonchev–Trinajstić information content (AvgIpc) is 2.85. The van der Waals surface area contributed by atoms with Crippen LogP contribution in [0, 0.1) is 0 Å². The summed E-state index contributed by atoms with van der Waals surface area (Å²) in [6, 6.07) is -0.229. The Morgan fingerprint density at radius 3 is 2.52 bits per heavy atom. The van der Waals surface area contributed by atoms with Crippen LogP contribution in [0.5, 0.6) is 0 Å². The first-order chi connectivity index (χ1) is 9.85. The normalized spacial score (nSPS) is 28.4. The number of carbonyl (C=O) groups excluding carboxylic acids is 2. The van der Waals surface area contributed by atoms with Crippen LogP contribution in [-0.4, -0.2) is 67.2 Å². The second-order valence-corrected chi connectivity index (χ2v) is 8.26. The fourth-order valence-corrected chi connectivity index (χ4v) is 4.99. The van der Waals surface area contributed by atoms with E-state index in [1.54, 1.807) is 4.90 Å². The quantitative estimate of drug-likeness (QED) is 0.692. The van der Waals surface area contributed by atoms with Gasteiger partial charge in [-0.15, -0.1) is 0 Å². The lowest BCUT2D eigenvalue weighted by Crippen LogP contribution is -2.52. The minimum atomic E-state index is -3.06. The summed E-state index contributed by atoms with van der Waals surface area (Å²) in [5.41, 5.74) is 0. The van der Waals surface area contributed by atoms with Crippen molar-refractivity contribution in [2.45, 2.75) is 51.1 Å². The number of sulfone groups is 1. The molecule has 2 rings (SSSR count). The van der Waals surface area contributed by atoms with Crippen LogP contribution in [0.25, 0.3) is 0 Å². The highest BCUT2D eigenvalue weighted by Gasteiger charge is 2.37. The molecule has 0 bridgehead atoms. The minimum Gasteiger partial charge on any atom is -0.333 e. The van der Waals surface area contributed by atoms with E-state index in [4.69, 9.17) is 0 Å². The molecule has 2 unspecified atom stereocenters. The number of carbonyl (C=O) groups is 2. The number of nitrogens with zero attached hydrogens (tertiary/aromatic N) is 2. The largest absolute Gasteiger partial charge is 0.333 e. The van der Waals surface area contributed by atoms with Gasteiger partial charge in [0.05, 0.1) is 11.5 Å². The van der Waals surface area contributed by atoms with Gasteiger partial charge in [-0.1, -0.05) is 6.92 Å². The van der Waals surface area contributed by atoms with Crippen LogP contribution in [-0.2, 0) is 19.4 Å². The zero-order valence-corrected chi connectivity index (χ0v) is 13.6. The van der Waals surface area contributed by atoms with Gasteiger partial charge in [0.1, 0.15) is 0 Å². The Balaban J connectivity index is 2.03.